The van der Waals surface area contributed by atoms with Crippen molar-refractivity contribution in [1.29, 1.82) is 0 Å². The Kier molecular flexibility index (Phi) is 4.98. The number of hydrogen-bond acceptors (Lipinski definition) is 3. The fourth-order valence-corrected chi connectivity index (χ4v) is 2.02. The van der Waals surface area contributed by atoms with Gasteiger partial charge in [0, 0.05) is 17.2 Å². The first-order valence-corrected chi connectivity index (χ1v) is 6.84. The van der Waals surface area contributed by atoms with Crippen LogP contribution in [0.25, 0.3) is 0 Å². The van der Waals surface area contributed by atoms with E-state index in [4.69, 9.17) is 39.0 Å². The van der Waals surface area contributed by atoms with Gasteiger partial charge in [-0.25, -0.2) is 4.39 Å². The SMILES string of the molecule is COc1ccc(C(N)=S)cc1COc1ccc(Cl)c(F)c1. The highest BCUT2D eigenvalue weighted by Crippen LogP contribution is 2.24. The number of rotatable bonds is 5. The summed E-state index contributed by atoms with van der Waals surface area (Å²) in [4.78, 5) is 0.288. The Hall–Kier alpha value is -1.85. The normalized spacial score (nSPS) is 10.2. The van der Waals surface area contributed by atoms with Crippen LogP contribution in [0.15, 0.2) is 36.4 Å². The molecule has 0 unspecified atom stereocenters. The molecule has 0 aliphatic heterocycles. The number of methoxy groups -OCH3 is 1. The van der Waals surface area contributed by atoms with Crippen molar-refractivity contribution in [3.63, 3.8) is 0 Å². The quantitative estimate of drug-likeness (QED) is 0.851. The van der Waals surface area contributed by atoms with E-state index >= 15 is 0 Å². The zero-order chi connectivity index (χ0) is 15.4. The summed E-state index contributed by atoms with van der Waals surface area (Å²) in [5.41, 5.74) is 7.08. The van der Waals surface area contributed by atoms with Crippen LogP contribution in [-0.4, -0.2) is 12.1 Å². The lowest BCUT2D eigenvalue weighted by atomic mass is 10.1. The lowest BCUT2D eigenvalue weighted by Crippen LogP contribution is -2.10. The van der Waals surface area contributed by atoms with Gasteiger partial charge in [0.25, 0.3) is 0 Å². The smallest absolute Gasteiger partial charge is 0.145 e. The molecule has 0 spiro atoms. The summed E-state index contributed by atoms with van der Waals surface area (Å²) in [6, 6.07) is 9.58. The van der Waals surface area contributed by atoms with E-state index in [9.17, 15) is 4.39 Å². The molecule has 21 heavy (non-hydrogen) atoms. The predicted molar refractivity (Wildman–Crippen MR) is 84.6 cm³/mol. The molecule has 0 saturated heterocycles. The van der Waals surface area contributed by atoms with E-state index in [1.54, 1.807) is 31.4 Å². The largest absolute Gasteiger partial charge is 0.496 e. The highest BCUT2D eigenvalue weighted by Gasteiger charge is 2.08. The van der Waals surface area contributed by atoms with E-state index < -0.39 is 5.82 Å². The molecule has 2 N–H and O–H groups in total. The molecule has 0 atom stereocenters. The standard InChI is InChI=1S/C15H13ClFNO2S/c1-19-14-5-2-9(15(18)21)6-10(14)8-20-11-3-4-12(16)13(17)7-11/h2-7H,8H2,1H3,(H2,18,21). The summed E-state index contributed by atoms with van der Waals surface area (Å²) in [5.74, 6) is 0.488. The minimum Gasteiger partial charge on any atom is -0.496 e. The molecular formula is C15H13ClFNO2S. The first kappa shape index (κ1) is 15.5. The van der Waals surface area contributed by atoms with E-state index in [-0.39, 0.29) is 16.6 Å². The molecule has 2 aromatic carbocycles. The van der Waals surface area contributed by atoms with E-state index in [0.29, 0.717) is 17.1 Å². The molecule has 0 aliphatic rings. The van der Waals surface area contributed by atoms with E-state index in [1.165, 1.54) is 12.1 Å². The van der Waals surface area contributed by atoms with Gasteiger partial charge in [-0.1, -0.05) is 23.8 Å². The van der Waals surface area contributed by atoms with Crippen molar-refractivity contribution in [3.8, 4) is 11.5 Å². The average Bonchev–Trinajstić information content (AvgIpc) is 2.48. The molecule has 0 aromatic heterocycles. The van der Waals surface area contributed by atoms with Gasteiger partial charge in [-0.05, 0) is 30.3 Å². The fourth-order valence-electron chi connectivity index (χ4n) is 1.77. The minimum absolute atomic E-state index is 0.0513. The number of halogens is 2. The number of hydrogen-bond donors (Lipinski definition) is 1. The van der Waals surface area contributed by atoms with Crippen molar-refractivity contribution in [2.24, 2.45) is 5.73 Å². The highest BCUT2D eigenvalue weighted by atomic mass is 35.5. The zero-order valence-corrected chi connectivity index (χ0v) is 12.8. The molecule has 2 aromatic rings. The molecule has 0 heterocycles. The monoisotopic (exact) mass is 325 g/mol. The minimum atomic E-state index is -0.530. The van der Waals surface area contributed by atoms with Crippen molar-refractivity contribution in [2.45, 2.75) is 6.61 Å². The third-order valence-corrected chi connectivity index (χ3v) is 3.39. The van der Waals surface area contributed by atoms with Gasteiger partial charge in [0.15, 0.2) is 0 Å². The average molecular weight is 326 g/mol. The zero-order valence-electron chi connectivity index (χ0n) is 11.2. The van der Waals surface area contributed by atoms with Gasteiger partial charge in [-0.15, -0.1) is 0 Å². The van der Waals surface area contributed by atoms with Crippen LogP contribution in [-0.2, 0) is 6.61 Å². The number of ether oxygens (including phenoxy) is 2. The Balaban J connectivity index is 2.19. The Morgan fingerprint density at radius 1 is 1.29 bits per heavy atom. The maximum atomic E-state index is 13.4. The molecule has 110 valence electrons. The van der Waals surface area contributed by atoms with Crippen LogP contribution >= 0.6 is 23.8 Å². The molecule has 0 bridgehead atoms. The van der Waals surface area contributed by atoms with Gasteiger partial charge in [-0.3, -0.25) is 0 Å². The van der Waals surface area contributed by atoms with Crippen LogP contribution in [0.2, 0.25) is 5.02 Å². The van der Waals surface area contributed by atoms with Gasteiger partial charge in [-0.2, -0.15) is 0 Å². The summed E-state index contributed by atoms with van der Waals surface area (Å²) in [5, 5.41) is 0.0513. The molecule has 0 saturated carbocycles. The molecule has 0 aliphatic carbocycles. The van der Waals surface area contributed by atoms with Crippen molar-refractivity contribution in [2.75, 3.05) is 7.11 Å². The summed E-state index contributed by atoms with van der Waals surface area (Å²) < 4.78 is 24.1. The molecule has 6 heteroatoms. The number of thiocarbonyl (C=S) groups is 1. The summed E-state index contributed by atoms with van der Waals surface area (Å²) in [7, 11) is 1.56. The van der Waals surface area contributed by atoms with Gasteiger partial charge < -0.3 is 15.2 Å². The first-order valence-electron chi connectivity index (χ1n) is 6.06. The van der Waals surface area contributed by atoms with Crippen LogP contribution in [0, 0.1) is 5.82 Å². The molecule has 3 nitrogen and oxygen atoms in total. The Morgan fingerprint density at radius 2 is 2.05 bits per heavy atom. The Bertz CT molecular complexity index is 679. The fraction of sp³-hybridized carbons (Fsp3) is 0.133. The summed E-state index contributed by atoms with van der Waals surface area (Å²) in [6.07, 6.45) is 0. The Morgan fingerprint density at radius 3 is 2.67 bits per heavy atom. The molecule has 0 radical (unpaired) electrons. The third-order valence-electron chi connectivity index (χ3n) is 2.85. The number of nitrogens with two attached hydrogens (primary N) is 1. The molecule has 2 rings (SSSR count). The molecule has 0 fully saturated rings. The third kappa shape index (κ3) is 3.83. The highest BCUT2D eigenvalue weighted by molar-refractivity contribution is 7.80. The van der Waals surface area contributed by atoms with Crippen LogP contribution in [0.5, 0.6) is 11.5 Å². The Labute approximate surface area is 132 Å². The maximum absolute atomic E-state index is 13.4. The second-order valence-electron chi connectivity index (χ2n) is 4.26. The summed E-state index contributed by atoms with van der Waals surface area (Å²) >= 11 is 10.6. The van der Waals surface area contributed by atoms with E-state index in [0.717, 1.165) is 5.56 Å². The first-order chi connectivity index (χ1) is 10.0. The van der Waals surface area contributed by atoms with Gasteiger partial charge in [0.2, 0.25) is 0 Å². The van der Waals surface area contributed by atoms with Crippen LogP contribution in [0.4, 0.5) is 4.39 Å². The van der Waals surface area contributed by atoms with Gasteiger partial charge >= 0.3 is 0 Å². The van der Waals surface area contributed by atoms with Crippen molar-refractivity contribution < 1.29 is 13.9 Å². The molecule has 0 amide bonds. The van der Waals surface area contributed by atoms with Crippen LogP contribution < -0.4 is 15.2 Å². The van der Waals surface area contributed by atoms with Crippen molar-refractivity contribution in [1.82, 2.24) is 0 Å². The van der Waals surface area contributed by atoms with Crippen LogP contribution in [0.3, 0.4) is 0 Å². The van der Waals surface area contributed by atoms with E-state index in [1.807, 2.05) is 0 Å². The van der Waals surface area contributed by atoms with Gasteiger partial charge in [0.1, 0.15) is 28.9 Å². The van der Waals surface area contributed by atoms with Gasteiger partial charge in [0.05, 0.1) is 12.1 Å². The van der Waals surface area contributed by atoms with Crippen molar-refractivity contribution >= 4 is 28.8 Å². The van der Waals surface area contributed by atoms with E-state index in [2.05, 4.69) is 0 Å². The topological polar surface area (TPSA) is 44.5 Å². The maximum Gasteiger partial charge on any atom is 0.145 e. The van der Waals surface area contributed by atoms with Crippen LogP contribution in [0.1, 0.15) is 11.1 Å². The number of benzene rings is 2. The lowest BCUT2D eigenvalue weighted by molar-refractivity contribution is 0.295. The second-order valence-corrected chi connectivity index (χ2v) is 5.10. The predicted octanol–water partition coefficient (Wildman–Crippen LogP) is 3.70. The molecular weight excluding hydrogens is 313 g/mol. The second kappa shape index (κ2) is 6.74. The summed E-state index contributed by atoms with van der Waals surface area (Å²) in [6.45, 7) is 0.195. The lowest BCUT2D eigenvalue weighted by Gasteiger charge is -2.12. The van der Waals surface area contributed by atoms with Crippen molar-refractivity contribution in [3.05, 3.63) is 58.4 Å².